The number of hydrogen-bond donors (Lipinski definition) is 0. The molecule has 3 aromatic rings. The second-order valence-corrected chi connectivity index (χ2v) is 9.43. The highest BCUT2D eigenvalue weighted by Crippen LogP contribution is 2.30. The summed E-state index contributed by atoms with van der Waals surface area (Å²) in [6.45, 7) is 3.72. The number of fused-ring (bicyclic) bond motifs is 1. The van der Waals surface area contributed by atoms with Gasteiger partial charge in [0.15, 0.2) is 0 Å². The number of carbonyl (C=O) groups excluding carboxylic acids is 1. The van der Waals surface area contributed by atoms with Crippen LogP contribution in [0.5, 0.6) is 5.75 Å². The molecule has 1 aromatic heterocycles. The molecule has 9 heteroatoms. The summed E-state index contributed by atoms with van der Waals surface area (Å²) in [6, 6.07) is 11.5. The van der Waals surface area contributed by atoms with Crippen LogP contribution in [0.25, 0.3) is 10.8 Å². The molecular formula is C22H26N4O4S. The number of benzene rings is 2. The van der Waals surface area contributed by atoms with Gasteiger partial charge in [-0.3, -0.25) is 9.48 Å². The summed E-state index contributed by atoms with van der Waals surface area (Å²) in [5, 5.41) is 5.77. The third kappa shape index (κ3) is 4.15. The molecule has 1 aliphatic rings. The van der Waals surface area contributed by atoms with Crippen LogP contribution < -0.4 is 4.74 Å². The highest BCUT2D eigenvalue weighted by atomic mass is 32.2. The van der Waals surface area contributed by atoms with E-state index in [1.165, 1.54) is 21.4 Å². The SMILES string of the molecule is CCOc1ccc2ccccc2c1C(=O)N1CCCN(S(=O)(=O)c2cnn(C)c2)CC1. The largest absolute Gasteiger partial charge is 0.493 e. The molecule has 2 aromatic carbocycles. The maximum absolute atomic E-state index is 13.6. The number of carbonyl (C=O) groups is 1. The molecule has 1 fully saturated rings. The van der Waals surface area contributed by atoms with E-state index in [2.05, 4.69) is 5.10 Å². The lowest BCUT2D eigenvalue weighted by atomic mass is 10.0. The maximum atomic E-state index is 13.6. The molecule has 2 heterocycles. The van der Waals surface area contributed by atoms with Gasteiger partial charge in [0.05, 0.1) is 18.4 Å². The minimum Gasteiger partial charge on any atom is -0.493 e. The van der Waals surface area contributed by atoms with E-state index in [4.69, 9.17) is 4.74 Å². The maximum Gasteiger partial charge on any atom is 0.258 e. The predicted octanol–water partition coefficient (Wildman–Crippen LogP) is 2.51. The Labute approximate surface area is 182 Å². The van der Waals surface area contributed by atoms with Crippen molar-refractivity contribution in [2.75, 3.05) is 32.8 Å². The minimum atomic E-state index is -3.64. The summed E-state index contributed by atoms with van der Waals surface area (Å²) >= 11 is 0. The van der Waals surface area contributed by atoms with E-state index in [0.717, 1.165) is 10.8 Å². The van der Waals surface area contributed by atoms with Crippen LogP contribution >= 0.6 is 0 Å². The van der Waals surface area contributed by atoms with Crippen molar-refractivity contribution in [1.29, 1.82) is 0 Å². The van der Waals surface area contributed by atoms with Crippen LogP contribution in [-0.2, 0) is 17.1 Å². The molecule has 0 radical (unpaired) electrons. The van der Waals surface area contributed by atoms with Gasteiger partial charge >= 0.3 is 0 Å². The summed E-state index contributed by atoms with van der Waals surface area (Å²) in [5.41, 5.74) is 0.531. The molecule has 0 unspecified atom stereocenters. The Morgan fingerprint density at radius 2 is 1.90 bits per heavy atom. The van der Waals surface area contributed by atoms with E-state index in [1.54, 1.807) is 11.9 Å². The number of aromatic nitrogens is 2. The second kappa shape index (κ2) is 8.68. The van der Waals surface area contributed by atoms with Crippen molar-refractivity contribution in [3.63, 3.8) is 0 Å². The van der Waals surface area contributed by atoms with Crippen molar-refractivity contribution in [1.82, 2.24) is 19.0 Å². The number of ether oxygens (including phenoxy) is 1. The Balaban J connectivity index is 1.60. The number of rotatable bonds is 5. The lowest BCUT2D eigenvalue weighted by Crippen LogP contribution is -2.37. The van der Waals surface area contributed by atoms with Gasteiger partial charge < -0.3 is 9.64 Å². The van der Waals surface area contributed by atoms with E-state index >= 15 is 0 Å². The Kier molecular flexibility index (Phi) is 5.97. The zero-order valence-corrected chi connectivity index (χ0v) is 18.5. The summed E-state index contributed by atoms with van der Waals surface area (Å²) in [4.78, 5) is 15.5. The van der Waals surface area contributed by atoms with Crippen LogP contribution in [0, 0.1) is 0 Å². The molecule has 4 rings (SSSR count). The monoisotopic (exact) mass is 442 g/mol. The summed E-state index contributed by atoms with van der Waals surface area (Å²) in [7, 11) is -1.96. The van der Waals surface area contributed by atoms with Crippen LogP contribution in [0.2, 0.25) is 0 Å². The zero-order valence-electron chi connectivity index (χ0n) is 17.7. The van der Waals surface area contributed by atoms with Gasteiger partial charge in [-0.1, -0.05) is 30.3 Å². The average molecular weight is 443 g/mol. The molecule has 0 bridgehead atoms. The van der Waals surface area contributed by atoms with Crippen molar-refractivity contribution in [3.8, 4) is 5.75 Å². The Morgan fingerprint density at radius 3 is 2.65 bits per heavy atom. The molecule has 0 saturated carbocycles. The van der Waals surface area contributed by atoms with Crippen molar-refractivity contribution < 1.29 is 17.9 Å². The fraction of sp³-hybridized carbons (Fsp3) is 0.364. The van der Waals surface area contributed by atoms with Gasteiger partial charge in [-0.15, -0.1) is 0 Å². The van der Waals surface area contributed by atoms with Crippen LogP contribution in [0.3, 0.4) is 0 Å². The topological polar surface area (TPSA) is 84.7 Å². The molecule has 164 valence electrons. The van der Waals surface area contributed by atoms with Crippen molar-refractivity contribution >= 4 is 26.7 Å². The van der Waals surface area contributed by atoms with Crippen molar-refractivity contribution in [2.24, 2.45) is 7.05 Å². The fourth-order valence-electron chi connectivity index (χ4n) is 3.92. The van der Waals surface area contributed by atoms with E-state index in [-0.39, 0.29) is 17.3 Å². The molecule has 8 nitrogen and oxygen atoms in total. The van der Waals surface area contributed by atoms with E-state index in [0.29, 0.717) is 44.0 Å². The number of amides is 1. The molecule has 0 N–H and O–H groups in total. The normalized spacial score (nSPS) is 15.7. The third-order valence-electron chi connectivity index (χ3n) is 5.47. The highest BCUT2D eigenvalue weighted by molar-refractivity contribution is 7.89. The summed E-state index contributed by atoms with van der Waals surface area (Å²) in [6.07, 6.45) is 3.40. The number of aryl methyl sites for hydroxylation is 1. The Hall–Kier alpha value is -2.91. The van der Waals surface area contributed by atoms with Crippen LogP contribution in [0.4, 0.5) is 0 Å². The molecule has 31 heavy (non-hydrogen) atoms. The number of hydrogen-bond acceptors (Lipinski definition) is 5. The number of nitrogens with zero attached hydrogens (tertiary/aromatic N) is 4. The Bertz CT molecular complexity index is 1210. The van der Waals surface area contributed by atoms with E-state index in [9.17, 15) is 13.2 Å². The van der Waals surface area contributed by atoms with Crippen molar-refractivity contribution in [2.45, 2.75) is 18.2 Å². The molecular weight excluding hydrogens is 416 g/mol. The molecule has 0 atom stereocenters. The van der Waals surface area contributed by atoms with Gasteiger partial charge in [0.2, 0.25) is 10.0 Å². The van der Waals surface area contributed by atoms with Crippen LogP contribution in [0.15, 0.2) is 53.7 Å². The standard InChI is InChI=1S/C22H26N4O4S/c1-3-30-20-10-9-17-7-4-5-8-19(17)21(20)22(27)25-11-6-12-26(14-13-25)31(28,29)18-15-23-24(2)16-18/h4-5,7-10,15-16H,3,6,11-14H2,1-2H3. The van der Waals surface area contributed by atoms with Gasteiger partial charge in [-0.2, -0.15) is 9.40 Å². The predicted molar refractivity (Wildman–Crippen MR) is 118 cm³/mol. The molecule has 0 spiro atoms. The zero-order chi connectivity index (χ0) is 22.0. The lowest BCUT2D eigenvalue weighted by molar-refractivity contribution is 0.0762. The minimum absolute atomic E-state index is 0.138. The summed E-state index contributed by atoms with van der Waals surface area (Å²) in [5.74, 6) is 0.413. The molecule has 1 amide bonds. The van der Waals surface area contributed by atoms with E-state index in [1.807, 2.05) is 43.3 Å². The first-order valence-electron chi connectivity index (χ1n) is 10.3. The fourth-order valence-corrected chi connectivity index (χ4v) is 5.38. The molecule has 1 saturated heterocycles. The quantitative estimate of drug-likeness (QED) is 0.606. The first-order chi connectivity index (χ1) is 14.9. The van der Waals surface area contributed by atoms with Gasteiger partial charge in [-0.25, -0.2) is 8.42 Å². The molecule has 1 aliphatic heterocycles. The van der Waals surface area contributed by atoms with Gasteiger partial charge in [0.25, 0.3) is 5.91 Å². The molecule has 0 aliphatic carbocycles. The summed E-state index contributed by atoms with van der Waals surface area (Å²) < 4.78 is 34.6. The van der Waals surface area contributed by atoms with Crippen molar-refractivity contribution in [3.05, 3.63) is 54.4 Å². The van der Waals surface area contributed by atoms with Crippen LogP contribution in [0.1, 0.15) is 23.7 Å². The number of sulfonamides is 1. The first-order valence-corrected chi connectivity index (χ1v) is 11.8. The lowest BCUT2D eigenvalue weighted by Gasteiger charge is -2.23. The van der Waals surface area contributed by atoms with E-state index < -0.39 is 10.0 Å². The van der Waals surface area contributed by atoms with Gasteiger partial charge in [-0.05, 0) is 30.2 Å². The highest BCUT2D eigenvalue weighted by Gasteiger charge is 2.30. The van der Waals surface area contributed by atoms with Gasteiger partial charge in [0.1, 0.15) is 10.6 Å². The van der Waals surface area contributed by atoms with Gasteiger partial charge in [0, 0.05) is 39.4 Å². The smallest absolute Gasteiger partial charge is 0.258 e. The Morgan fingerprint density at radius 1 is 1.10 bits per heavy atom. The second-order valence-electron chi connectivity index (χ2n) is 7.49. The van der Waals surface area contributed by atoms with Crippen LogP contribution in [-0.4, -0.2) is 66.1 Å². The average Bonchev–Trinajstić information content (AvgIpc) is 3.06. The first kappa shape index (κ1) is 21.3. The third-order valence-corrected chi connectivity index (χ3v) is 7.32.